The van der Waals surface area contributed by atoms with Gasteiger partial charge in [0.1, 0.15) is 5.69 Å². The molecule has 0 aromatic carbocycles. The van der Waals surface area contributed by atoms with E-state index < -0.39 is 0 Å². The molecular weight excluding hydrogens is 206 g/mol. The summed E-state index contributed by atoms with van der Waals surface area (Å²) in [5.41, 5.74) is 1.39. The molecule has 1 unspecified atom stereocenters. The van der Waals surface area contributed by atoms with Crippen molar-refractivity contribution in [1.82, 2.24) is 15.1 Å². The smallest absolute Gasteiger partial charge is 0.269 e. The van der Waals surface area contributed by atoms with E-state index >= 15 is 0 Å². The van der Waals surface area contributed by atoms with Crippen LogP contribution in [0.2, 0.25) is 0 Å². The normalized spacial score (nSPS) is 12.5. The first-order valence-electron chi connectivity index (χ1n) is 5.47. The van der Waals surface area contributed by atoms with Crippen LogP contribution < -0.4 is 5.32 Å². The van der Waals surface area contributed by atoms with Crippen LogP contribution >= 0.6 is 0 Å². The number of carbonyl (C=O) groups excluding carboxylic acids is 1. The second kappa shape index (κ2) is 5.65. The monoisotopic (exact) mass is 225 g/mol. The van der Waals surface area contributed by atoms with Gasteiger partial charge < -0.3 is 10.4 Å². The van der Waals surface area contributed by atoms with E-state index in [1.165, 1.54) is 0 Å². The van der Waals surface area contributed by atoms with Gasteiger partial charge >= 0.3 is 0 Å². The predicted molar refractivity (Wildman–Crippen MR) is 61.2 cm³/mol. The molecule has 1 heterocycles. The Morgan fingerprint density at radius 3 is 2.88 bits per heavy atom. The second-order valence-electron chi connectivity index (χ2n) is 4.03. The van der Waals surface area contributed by atoms with Gasteiger partial charge in [-0.15, -0.1) is 0 Å². The van der Waals surface area contributed by atoms with Crippen LogP contribution in [0.15, 0.2) is 6.07 Å². The minimum atomic E-state index is -0.117. The molecule has 0 saturated carbocycles. The standard InChI is InChI=1S/C11H19N3O2/c1-8(5-4-6-15)12-11(16)10-7-9(2)13-14(10)3/h7-8,15H,4-6H2,1-3H3,(H,12,16). The van der Waals surface area contributed by atoms with Crippen molar-refractivity contribution in [3.63, 3.8) is 0 Å². The van der Waals surface area contributed by atoms with Gasteiger partial charge in [-0.25, -0.2) is 0 Å². The van der Waals surface area contributed by atoms with Gasteiger partial charge in [-0.2, -0.15) is 5.10 Å². The van der Waals surface area contributed by atoms with E-state index in [1.54, 1.807) is 17.8 Å². The Morgan fingerprint density at radius 2 is 2.38 bits per heavy atom. The summed E-state index contributed by atoms with van der Waals surface area (Å²) in [5.74, 6) is -0.117. The molecule has 16 heavy (non-hydrogen) atoms. The topological polar surface area (TPSA) is 67.2 Å². The van der Waals surface area contributed by atoms with Crippen LogP contribution in [0.25, 0.3) is 0 Å². The number of carbonyl (C=O) groups is 1. The second-order valence-corrected chi connectivity index (χ2v) is 4.03. The molecule has 0 bridgehead atoms. The average Bonchev–Trinajstić information content (AvgIpc) is 2.54. The number of aromatic nitrogens is 2. The van der Waals surface area contributed by atoms with Crippen molar-refractivity contribution >= 4 is 5.91 Å². The van der Waals surface area contributed by atoms with Gasteiger partial charge in [0.15, 0.2) is 0 Å². The molecule has 90 valence electrons. The van der Waals surface area contributed by atoms with Gasteiger partial charge in [-0.1, -0.05) is 0 Å². The highest BCUT2D eigenvalue weighted by Gasteiger charge is 2.13. The van der Waals surface area contributed by atoms with Gasteiger partial charge in [0.25, 0.3) is 5.91 Å². The molecule has 0 aliphatic rings. The SMILES string of the molecule is Cc1cc(C(=O)NC(C)CCCO)n(C)n1. The number of hydrogen-bond donors (Lipinski definition) is 2. The summed E-state index contributed by atoms with van der Waals surface area (Å²) >= 11 is 0. The summed E-state index contributed by atoms with van der Waals surface area (Å²) in [4.78, 5) is 11.8. The molecule has 5 nitrogen and oxygen atoms in total. The Morgan fingerprint density at radius 1 is 1.69 bits per heavy atom. The van der Waals surface area contributed by atoms with Gasteiger partial charge in [0.2, 0.25) is 0 Å². The van der Waals surface area contributed by atoms with Crippen molar-refractivity contribution in [1.29, 1.82) is 0 Å². The van der Waals surface area contributed by atoms with Gasteiger partial charge in [-0.05, 0) is 32.8 Å². The minimum absolute atomic E-state index is 0.0647. The van der Waals surface area contributed by atoms with Crippen molar-refractivity contribution in [3.05, 3.63) is 17.5 Å². The van der Waals surface area contributed by atoms with Crippen molar-refractivity contribution in [2.45, 2.75) is 32.7 Å². The van der Waals surface area contributed by atoms with E-state index in [9.17, 15) is 4.79 Å². The molecule has 5 heteroatoms. The lowest BCUT2D eigenvalue weighted by atomic mass is 10.2. The number of hydrogen-bond acceptors (Lipinski definition) is 3. The number of nitrogens with one attached hydrogen (secondary N) is 1. The highest BCUT2D eigenvalue weighted by atomic mass is 16.3. The zero-order chi connectivity index (χ0) is 12.1. The number of aliphatic hydroxyl groups excluding tert-OH is 1. The Kier molecular flexibility index (Phi) is 4.49. The molecule has 2 N–H and O–H groups in total. The third kappa shape index (κ3) is 3.34. The first-order chi connectivity index (χ1) is 7.54. The summed E-state index contributed by atoms with van der Waals surface area (Å²) in [6, 6.07) is 1.82. The molecule has 0 fully saturated rings. The van der Waals surface area contributed by atoms with Crippen molar-refractivity contribution in [2.24, 2.45) is 7.05 Å². The van der Waals surface area contributed by atoms with E-state index in [0.29, 0.717) is 12.1 Å². The highest BCUT2D eigenvalue weighted by molar-refractivity contribution is 5.92. The fourth-order valence-electron chi connectivity index (χ4n) is 1.59. The summed E-state index contributed by atoms with van der Waals surface area (Å²) in [5, 5.41) is 15.7. The van der Waals surface area contributed by atoms with Crippen LogP contribution in [-0.2, 0) is 7.05 Å². The summed E-state index contributed by atoms with van der Waals surface area (Å²) < 4.78 is 1.57. The zero-order valence-corrected chi connectivity index (χ0v) is 10.0. The molecule has 0 aliphatic heterocycles. The van der Waals surface area contributed by atoms with E-state index in [-0.39, 0.29) is 18.6 Å². The molecular formula is C11H19N3O2. The van der Waals surface area contributed by atoms with Crippen LogP contribution in [-0.4, -0.2) is 33.4 Å². The van der Waals surface area contributed by atoms with Crippen LogP contribution in [0.5, 0.6) is 0 Å². The lowest BCUT2D eigenvalue weighted by Crippen LogP contribution is -2.33. The molecule has 1 aromatic rings. The summed E-state index contributed by atoms with van der Waals surface area (Å²) in [7, 11) is 1.75. The molecule has 0 aliphatic carbocycles. The number of nitrogens with zero attached hydrogens (tertiary/aromatic N) is 2. The first kappa shape index (κ1) is 12.7. The Hall–Kier alpha value is -1.36. The minimum Gasteiger partial charge on any atom is -0.396 e. The van der Waals surface area contributed by atoms with Crippen molar-refractivity contribution in [3.8, 4) is 0 Å². The zero-order valence-electron chi connectivity index (χ0n) is 10.0. The maximum atomic E-state index is 11.8. The van der Waals surface area contributed by atoms with Crippen LogP contribution in [0.4, 0.5) is 0 Å². The molecule has 1 atom stereocenters. The van der Waals surface area contributed by atoms with Crippen LogP contribution in [0.3, 0.4) is 0 Å². The number of rotatable bonds is 5. The fraction of sp³-hybridized carbons (Fsp3) is 0.636. The van der Waals surface area contributed by atoms with Crippen molar-refractivity contribution < 1.29 is 9.90 Å². The fourth-order valence-corrected chi connectivity index (χ4v) is 1.59. The molecule has 1 rings (SSSR count). The third-order valence-electron chi connectivity index (χ3n) is 2.41. The third-order valence-corrected chi connectivity index (χ3v) is 2.41. The van der Waals surface area contributed by atoms with Crippen molar-refractivity contribution in [2.75, 3.05) is 6.61 Å². The maximum absolute atomic E-state index is 11.8. The molecule has 0 radical (unpaired) electrons. The van der Waals surface area contributed by atoms with Gasteiger partial charge in [0, 0.05) is 19.7 Å². The maximum Gasteiger partial charge on any atom is 0.269 e. The predicted octanol–water partition coefficient (Wildman–Crippen LogP) is 0.619. The lowest BCUT2D eigenvalue weighted by molar-refractivity contribution is 0.0927. The van der Waals surface area contributed by atoms with Gasteiger partial charge in [0.05, 0.1) is 5.69 Å². The lowest BCUT2D eigenvalue weighted by Gasteiger charge is -2.12. The largest absolute Gasteiger partial charge is 0.396 e. The van der Waals surface area contributed by atoms with E-state index in [2.05, 4.69) is 10.4 Å². The van der Waals surface area contributed by atoms with E-state index in [4.69, 9.17) is 5.11 Å². The van der Waals surface area contributed by atoms with Crippen LogP contribution in [0, 0.1) is 6.92 Å². The van der Waals surface area contributed by atoms with E-state index in [1.807, 2.05) is 13.8 Å². The number of aliphatic hydroxyl groups is 1. The average molecular weight is 225 g/mol. The number of amides is 1. The molecule has 1 amide bonds. The Bertz CT molecular complexity index is 360. The Labute approximate surface area is 95.5 Å². The van der Waals surface area contributed by atoms with Crippen LogP contribution in [0.1, 0.15) is 35.9 Å². The summed E-state index contributed by atoms with van der Waals surface area (Å²) in [6.07, 6.45) is 1.48. The quantitative estimate of drug-likeness (QED) is 0.772. The Balaban J connectivity index is 2.55. The molecule has 1 aromatic heterocycles. The summed E-state index contributed by atoms with van der Waals surface area (Å²) in [6.45, 7) is 3.94. The first-order valence-corrected chi connectivity index (χ1v) is 5.47. The highest BCUT2D eigenvalue weighted by Crippen LogP contribution is 2.03. The van der Waals surface area contributed by atoms with Gasteiger partial charge in [-0.3, -0.25) is 9.48 Å². The van der Waals surface area contributed by atoms with E-state index in [0.717, 1.165) is 12.1 Å². The molecule has 0 spiro atoms. The molecule has 0 saturated heterocycles. The number of aryl methyl sites for hydroxylation is 2.